The summed E-state index contributed by atoms with van der Waals surface area (Å²) >= 11 is 0. The molecule has 1 aromatic carbocycles. The summed E-state index contributed by atoms with van der Waals surface area (Å²) in [4.78, 5) is 31.5. The zero-order valence-electron chi connectivity index (χ0n) is 18.4. The first-order chi connectivity index (χ1) is 15.2. The third-order valence-electron chi connectivity index (χ3n) is 6.16. The van der Waals surface area contributed by atoms with Crippen LogP contribution in [0.1, 0.15) is 44.4 Å². The summed E-state index contributed by atoms with van der Waals surface area (Å²) in [7, 11) is -3.61. The van der Waals surface area contributed by atoms with Gasteiger partial charge in [-0.1, -0.05) is 12.5 Å². The summed E-state index contributed by atoms with van der Waals surface area (Å²) < 4.78 is 27.8. The topological polar surface area (TPSA) is 99.7 Å². The van der Waals surface area contributed by atoms with Gasteiger partial charge in [-0.05, 0) is 62.6 Å². The van der Waals surface area contributed by atoms with Crippen LogP contribution in [0.25, 0.3) is 0 Å². The normalized spacial score (nSPS) is 18.4. The number of hydrogen-bond acceptors (Lipinski definition) is 5. The van der Waals surface area contributed by atoms with Gasteiger partial charge in [0.1, 0.15) is 6.54 Å². The van der Waals surface area contributed by atoms with Crippen LogP contribution in [0, 0.1) is 0 Å². The number of benzene rings is 1. The highest BCUT2D eigenvalue weighted by Crippen LogP contribution is 2.42. The lowest BCUT2D eigenvalue weighted by Crippen LogP contribution is -2.42. The van der Waals surface area contributed by atoms with E-state index in [0.717, 1.165) is 25.0 Å². The average molecular weight is 457 g/mol. The minimum Gasteiger partial charge on any atom is -0.349 e. The van der Waals surface area contributed by atoms with E-state index in [1.807, 2.05) is 12.1 Å². The lowest BCUT2D eigenvalue weighted by atomic mass is 9.86. The van der Waals surface area contributed by atoms with Crippen LogP contribution in [0.3, 0.4) is 0 Å². The van der Waals surface area contributed by atoms with E-state index in [-0.39, 0.29) is 29.8 Å². The first-order valence-electron chi connectivity index (χ1n) is 10.8. The van der Waals surface area contributed by atoms with Crippen LogP contribution < -0.4 is 10.2 Å². The van der Waals surface area contributed by atoms with Crippen LogP contribution in [-0.2, 0) is 31.6 Å². The number of piperidine rings is 1. The van der Waals surface area contributed by atoms with E-state index >= 15 is 0 Å². The Hall–Kier alpha value is -2.78. The van der Waals surface area contributed by atoms with Crippen LogP contribution in [0.15, 0.2) is 47.5 Å². The molecule has 32 heavy (non-hydrogen) atoms. The number of amides is 2. The van der Waals surface area contributed by atoms with Gasteiger partial charge < -0.3 is 10.2 Å². The summed E-state index contributed by atoms with van der Waals surface area (Å²) in [5, 5.41) is 2.79. The minimum absolute atomic E-state index is 0.139. The van der Waals surface area contributed by atoms with Gasteiger partial charge in [0.2, 0.25) is 21.8 Å². The first kappa shape index (κ1) is 22.4. The Morgan fingerprint density at radius 2 is 1.88 bits per heavy atom. The van der Waals surface area contributed by atoms with Crippen LogP contribution in [0.4, 0.5) is 5.69 Å². The molecule has 8 nitrogen and oxygen atoms in total. The molecular weight excluding hydrogens is 428 g/mol. The molecule has 9 heteroatoms. The molecule has 170 valence electrons. The van der Waals surface area contributed by atoms with Gasteiger partial charge in [-0.25, -0.2) is 8.42 Å². The molecule has 2 aromatic rings. The van der Waals surface area contributed by atoms with Crippen molar-refractivity contribution in [1.82, 2.24) is 14.6 Å². The Bertz CT molecular complexity index is 1130. The standard InChI is InChI=1S/C23H28N4O4S/c1-23(2)19-14-18(32(30,31)26-12-6-3-7-13-26)9-10-20(19)27(22(23)29)16-21(28)25-15-17-8-4-5-11-24-17/h4-5,8-11,14H,3,6-7,12-13,15-16H2,1-2H3,(H,25,28). The van der Waals surface area contributed by atoms with Crippen molar-refractivity contribution in [3.63, 3.8) is 0 Å². The number of anilines is 1. The Labute approximate surface area is 188 Å². The van der Waals surface area contributed by atoms with Crippen LogP contribution in [-0.4, -0.2) is 49.2 Å². The molecule has 0 bridgehead atoms. The third kappa shape index (κ3) is 4.14. The molecule has 0 unspecified atom stereocenters. The number of sulfonamides is 1. The van der Waals surface area contributed by atoms with Crippen molar-refractivity contribution in [2.45, 2.75) is 50.0 Å². The summed E-state index contributed by atoms with van der Waals surface area (Å²) in [5.41, 5.74) is 0.995. The number of rotatable bonds is 6. The van der Waals surface area contributed by atoms with Crippen molar-refractivity contribution in [3.05, 3.63) is 53.9 Å². The molecule has 1 aromatic heterocycles. The molecule has 1 fully saturated rings. The molecular formula is C23H28N4O4S. The molecule has 0 spiro atoms. The molecule has 2 aliphatic rings. The minimum atomic E-state index is -3.61. The summed E-state index contributed by atoms with van der Waals surface area (Å²) in [6.07, 6.45) is 4.40. The largest absolute Gasteiger partial charge is 0.349 e. The van der Waals surface area contributed by atoms with Gasteiger partial charge in [0, 0.05) is 25.0 Å². The van der Waals surface area contributed by atoms with E-state index in [1.165, 1.54) is 15.3 Å². The number of nitrogens with zero attached hydrogens (tertiary/aromatic N) is 3. The van der Waals surface area contributed by atoms with E-state index in [4.69, 9.17) is 0 Å². The van der Waals surface area contributed by atoms with Crippen molar-refractivity contribution in [2.75, 3.05) is 24.5 Å². The van der Waals surface area contributed by atoms with E-state index in [2.05, 4.69) is 10.3 Å². The zero-order valence-corrected chi connectivity index (χ0v) is 19.2. The number of fused-ring (bicyclic) bond motifs is 1. The zero-order chi connectivity index (χ0) is 22.9. The van der Waals surface area contributed by atoms with Gasteiger partial charge in [0.25, 0.3) is 0 Å². The molecule has 0 aliphatic carbocycles. The van der Waals surface area contributed by atoms with Crippen molar-refractivity contribution >= 4 is 27.5 Å². The van der Waals surface area contributed by atoms with Gasteiger partial charge in [-0.2, -0.15) is 4.31 Å². The highest BCUT2D eigenvalue weighted by molar-refractivity contribution is 7.89. The second-order valence-corrected chi connectivity index (χ2v) is 10.7. The van der Waals surface area contributed by atoms with Crippen molar-refractivity contribution in [1.29, 1.82) is 0 Å². The maximum absolute atomic E-state index is 13.1. The number of carbonyl (C=O) groups is 2. The van der Waals surface area contributed by atoms with Gasteiger partial charge in [-0.3, -0.25) is 14.6 Å². The SMILES string of the molecule is CC1(C)C(=O)N(CC(=O)NCc2ccccn2)c2ccc(S(=O)(=O)N3CCCCC3)cc21. The lowest BCUT2D eigenvalue weighted by molar-refractivity contribution is -0.125. The first-order valence-corrected chi connectivity index (χ1v) is 12.3. The van der Waals surface area contributed by atoms with E-state index < -0.39 is 15.4 Å². The molecule has 4 rings (SSSR count). The highest BCUT2D eigenvalue weighted by atomic mass is 32.2. The Balaban J connectivity index is 1.55. The van der Waals surface area contributed by atoms with Gasteiger partial charge >= 0.3 is 0 Å². The number of aromatic nitrogens is 1. The van der Waals surface area contributed by atoms with Crippen molar-refractivity contribution in [2.24, 2.45) is 0 Å². The fraction of sp³-hybridized carbons (Fsp3) is 0.435. The van der Waals surface area contributed by atoms with Crippen molar-refractivity contribution in [3.8, 4) is 0 Å². The Morgan fingerprint density at radius 3 is 2.56 bits per heavy atom. The summed E-state index contributed by atoms with van der Waals surface area (Å²) in [6.45, 7) is 4.69. The molecule has 1 saturated heterocycles. The van der Waals surface area contributed by atoms with E-state index in [1.54, 1.807) is 38.2 Å². The van der Waals surface area contributed by atoms with Crippen molar-refractivity contribution < 1.29 is 18.0 Å². The predicted molar refractivity (Wildman–Crippen MR) is 121 cm³/mol. The van der Waals surface area contributed by atoms with Gasteiger partial charge in [0.15, 0.2) is 0 Å². The number of nitrogens with one attached hydrogen (secondary N) is 1. The van der Waals surface area contributed by atoms with Crippen LogP contribution in [0.5, 0.6) is 0 Å². The van der Waals surface area contributed by atoms with Gasteiger partial charge in [-0.15, -0.1) is 0 Å². The summed E-state index contributed by atoms with van der Waals surface area (Å²) in [6, 6.07) is 10.2. The predicted octanol–water partition coefficient (Wildman–Crippen LogP) is 2.20. The maximum atomic E-state index is 13.1. The Kier molecular flexibility index (Phi) is 6.05. The monoisotopic (exact) mass is 456 g/mol. The van der Waals surface area contributed by atoms with E-state index in [9.17, 15) is 18.0 Å². The van der Waals surface area contributed by atoms with Crippen LogP contribution >= 0.6 is 0 Å². The second-order valence-electron chi connectivity index (χ2n) is 8.76. The quantitative estimate of drug-likeness (QED) is 0.718. The Morgan fingerprint density at radius 1 is 1.12 bits per heavy atom. The fourth-order valence-electron chi connectivity index (χ4n) is 4.28. The molecule has 1 N–H and O–H groups in total. The molecule has 0 atom stereocenters. The third-order valence-corrected chi connectivity index (χ3v) is 8.05. The molecule has 2 aliphatic heterocycles. The average Bonchev–Trinajstić information content (AvgIpc) is 2.99. The molecule has 0 radical (unpaired) electrons. The molecule has 3 heterocycles. The second kappa shape index (κ2) is 8.63. The lowest BCUT2D eigenvalue weighted by Gasteiger charge is -2.26. The molecule has 2 amide bonds. The van der Waals surface area contributed by atoms with Crippen LogP contribution in [0.2, 0.25) is 0 Å². The highest BCUT2D eigenvalue weighted by Gasteiger charge is 2.45. The van der Waals surface area contributed by atoms with E-state index in [0.29, 0.717) is 24.3 Å². The number of carbonyl (C=O) groups excluding carboxylic acids is 2. The number of hydrogen-bond donors (Lipinski definition) is 1. The van der Waals surface area contributed by atoms with Gasteiger partial charge in [0.05, 0.1) is 22.5 Å². The fourth-order valence-corrected chi connectivity index (χ4v) is 5.82. The smallest absolute Gasteiger partial charge is 0.243 e. The maximum Gasteiger partial charge on any atom is 0.243 e. The molecule has 0 saturated carbocycles. The number of pyridine rings is 1. The summed E-state index contributed by atoms with van der Waals surface area (Å²) in [5.74, 6) is -0.536.